The molecule has 0 aliphatic heterocycles. The van der Waals surface area contributed by atoms with Crippen LogP contribution in [0.3, 0.4) is 0 Å². The Morgan fingerprint density at radius 2 is 2.21 bits per heavy atom. The van der Waals surface area contributed by atoms with E-state index in [4.69, 9.17) is 17.4 Å². The van der Waals surface area contributed by atoms with Crippen molar-refractivity contribution in [2.75, 3.05) is 12.4 Å². The van der Waals surface area contributed by atoms with Crippen LogP contribution in [0.15, 0.2) is 27.7 Å². The lowest BCUT2D eigenvalue weighted by Gasteiger charge is -2.08. The van der Waals surface area contributed by atoms with Crippen LogP contribution in [-0.4, -0.2) is 13.0 Å². The van der Waals surface area contributed by atoms with Gasteiger partial charge in [0.25, 0.3) is 0 Å². The molecule has 0 atom stereocenters. The van der Waals surface area contributed by atoms with Crippen molar-refractivity contribution in [3.05, 3.63) is 27.7 Å². The van der Waals surface area contributed by atoms with Gasteiger partial charge in [0.05, 0.1) is 0 Å². The number of halogens is 2. The van der Waals surface area contributed by atoms with Gasteiger partial charge in [0, 0.05) is 22.2 Å². The largest absolute Gasteiger partial charge is 0.325 e. The second-order valence-corrected chi connectivity index (χ2v) is 3.85. The Kier molecular flexibility index (Phi) is 4.19. The van der Waals surface area contributed by atoms with Crippen LogP contribution in [0, 0.1) is 0 Å². The average molecular weight is 278 g/mol. The predicted octanol–water partition coefficient (Wildman–Crippen LogP) is 1.96. The fraction of sp³-hybridized carbons (Fsp3) is 0.125. The van der Waals surface area contributed by atoms with Crippen LogP contribution in [0.1, 0.15) is 0 Å². The smallest absolute Gasteiger partial charge is 0.209 e. The highest BCUT2D eigenvalue weighted by Crippen LogP contribution is 2.22. The second-order valence-electron chi connectivity index (χ2n) is 2.50. The van der Waals surface area contributed by atoms with E-state index in [-0.39, 0.29) is 0 Å². The molecule has 4 nitrogen and oxygen atoms in total. The van der Waals surface area contributed by atoms with E-state index in [0.29, 0.717) is 11.0 Å². The van der Waals surface area contributed by atoms with Crippen LogP contribution in [0.5, 0.6) is 0 Å². The highest BCUT2D eigenvalue weighted by molar-refractivity contribution is 9.10. The van der Waals surface area contributed by atoms with Crippen molar-refractivity contribution in [2.45, 2.75) is 0 Å². The first-order valence-electron chi connectivity index (χ1n) is 3.82. The molecule has 0 saturated heterocycles. The lowest BCUT2D eigenvalue weighted by molar-refractivity contribution is 1.01. The Morgan fingerprint density at radius 3 is 2.71 bits per heavy atom. The minimum absolute atomic E-state index is 0.471. The van der Waals surface area contributed by atoms with Crippen molar-refractivity contribution in [1.82, 2.24) is 5.43 Å². The van der Waals surface area contributed by atoms with Crippen molar-refractivity contribution in [1.29, 1.82) is 0 Å². The molecule has 1 aromatic carbocycles. The minimum Gasteiger partial charge on any atom is -0.325 e. The fourth-order valence-electron chi connectivity index (χ4n) is 0.919. The van der Waals surface area contributed by atoms with E-state index in [1.807, 2.05) is 6.07 Å². The van der Waals surface area contributed by atoms with Crippen molar-refractivity contribution in [3.63, 3.8) is 0 Å². The highest BCUT2D eigenvalue weighted by atomic mass is 79.9. The molecule has 4 N–H and O–H groups in total. The summed E-state index contributed by atoms with van der Waals surface area (Å²) in [5.41, 5.74) is 3.23. The molecule has 0 aliphatic carbocycles. The third kappa shape index (κ3) is 3.17. The molecular weight excluding hydrogens is 267 g/mol. The molecule has 0 spiro atoms. The number of benzene rings is 1. The molecule has 0 radical (unpaired) electrons. The summed E-state index contributed by atoms with van der Waals surface area (Å²) in [6, 6.07) is 5.44. The first-order chi connectivity index (χ1) is 6.65. The van der Waals surface area contributed by atoms with Crippen LogP contribution >= 0.6 is 27.5 Å². The van der Waals surface area contributed by atoms with E-state index >= 15 is 0 Å². The minimum atomic E-state index is 0.471. The first-order valence-corrected chi connectivity index (χ1v) is 4.99. The summed E-state index contributed by atoms with van der Waals surface area (Å²) in [7, 11) is 1.63. The number of nitrogens with two attached hydrogens (primary N) is 1. The van der Waals surface area contributed by atoms with Gasteiger partial charge in [-0.05, 0) is 18.2 Å². The average Bonchev–Trinajstić information content (AvgIpc) is 2.12. The van der Waals surface area contributed by atoms with Crippen LogP contribution in [0.25, 0.3) is 0 Å². The zero-order valence-electron chi connectivity index (χ0n) is 7.51. The highest BCUT2D eigenvalue weighted by Gasteiger charge is 1.99. The molecule has 1 rings (SSSR count). The Hall–Kier alpha value is -0.780. The van der Waals surface area contributed by atoms with Gasteiger partial charge in [-0.1, -0.05) is 27.5 Å². The number of nitrogens with zero attached hydrogens (tertiary/aromatic N) is 1. The van der Waals surface area contributed by atoms with Gasteiger partial charge in [0.1, 0.15) is 0 Å². The van der Waals surface area contributed by atoms with Gasteiger partial charge in [-0.2, -0.15) is 0 Å². The second kappa shape index (κ2) is 5.19. The molecule has 0 saturated carbocycles. The lowest BCUT2D eigenvalue weighted by Crippen LogP contribution is -2.36. The molecule has 0 aromatic heterocycles. The van der Waals surface area contributed by atoms with Gasteiger partial charge in [-0.3, -0.25) is 10.4 Å². The maximum Gasteiger partial charge on any atom is 0.209 e. The summed E-state index contributed by atoms with van der Waals surface area (Å²) in [6.07, 6.45) is 0. The molecule has 0 fully saturated rings. The number of hydrogen-bond acceptors (Lipinski definition) is 2. The maximum absolute atomic E-state index is 5.86. The van der Waals surface area contributed by atoms with E-state index in [1.165, 1.54) is 0 Å². The van der Waals surface area contributed by atoms with Crippen LogP contribution in [0.2, 0.25) is 5.02 Å². The molecule has 0 amide bonds. The van der Waals surface area contributed by atoms with Crippen molar-refractivity contribution in [3.8, 4) is 0 Å². The van der Waals surface area contributed by atoms with Gasteiger partial charge >= 0.3 is 0 Å². The monoisotopic (exact) mass is 276 g/mol. The fourth-order valence-corrected chi connectivity index (χ4v) is 1.78. The lowest BCUT2D eigenvalue weighted by atomic mass is 10.3. The summed E-state index contributed by atoms with van der Waals surface area (Å²) >= 11 is 9.19. The van der Waals surface area contributed by atoms with E-state index < -0.39 is 0 Å². The van der Waals surface area contributed by atoms with Gasteiger partial charge in [-0.25, -0.2) is 5.84 Å². The number of guanidine groups is 1. The molecule has 76 valence electrons. The quantitative estimate of drug-likeness (QED) is 0.318. The summed E-state index contributed by atoms with van der Waals surface area (Å²) < 4.78 is 0.889. The third-order valence-electron chi connectivity index (χ3n) is 1.49. The topological polar surface area (TPSA) is 62.4 Å². The Bertz CT molecular complexity index is 333. The van der Waals surface area contributed by atoms with Gasteiger partial charge in [0.2, 0.25) is 5.96 Å². The maximum atomic E-state index is 5.86. The Balaban J connectivity index is 2.86. The third-order valence-corrected chi connectivity index (χ3v) is 2.16. The standard InChI is InChI=1S/C8H10BrClN4/c1-12-8(14-11)13-7-3-5(9)2-6(10)4-7/h2-4H,11H2,1H3,(H2,12,13,14). The van der Waals surface area contributed by atoms with Crippen molar-refractivity contribution >= 4 is 39.2 Å². The molecule has 1 aromatic rings. The van der Waals surface area contributed by atoms with Crippen molar-refractivity contribution < 1.29 is 0 Å². The van der Waals surface area contributed by atoms with E-state index in [9.17, 15) is 0 Å². The first kappa shape index (κ1) is 11.3. The predicted molar refractivity (Wildman–Crippen MR) is 63.5 cm³/mol. The van der Waals surface area contributed by atoms with Gasteiger partial charge in [-0.15, -0.1) is 0 Å². The Morgan fingerprint density at radius 1 is 1.50 bits per heavy atom. The molecule has 0 heterocycles. The van der Waals surface area contributed by atoms with Gasteiger partial charge in [0.15, 0.2) is 0 Å². The molecule has 0 bridgehead atoms. The molecule has 0 unspecified atom stereocenters. The van der Waals surface area contributed by atoms with Crippen LogP contribution in [-0.2, 0) is 0 Å². The molecule has 0 aliphatic rings. The van der Waals surface area contributed by atoms with Crippen LogP contribution < -0.4 is 16.6 Å². The molecular formula is C8H10BrClN4. The molecule has 6 heteroatoms. The number of nitrogens with one attached hydrogen (secondary N) is 2. The number of hydrogen-bond donors (Lipinski definition) is 3. The number of rotatable bonds is 1. The summed E-state index contributed by atoms with van der Waals surface area (Å²) in [5, 5.41) is 3.59. The van der Waals surface area contributed by atoms with Crippen molar-refractivity contribution in [2.24, 2.45) is 10.8 Å². The normalized spacial score (nSPS) is 11.3. The number of hydrazine groups is 1. The summed E-state index contributed by atoms with van der Waals surface area (Å²) in [4.78, 5) is 3.87. The summed E-state index contributed by atoms with van der Waals surface area (Å²) in [5.74, 6) is 5.69. The number of aliphatic imine (C=N–C) groups is 1. The van der Waals surface area contributed by atoms with E-state index in [0.717, 1.165) is 10.2 Å². The number of anilines is 1. The van der Waals surface area contributed by atoms with E-state index in [2.05, 4.69) is 31.7 Å². The van der Waals surface area contributed by atoms with E-state index in [1.54, 1.807) is 19.2 Å². The zero-order chi connectivity index (χ0) is 10.6. The molecule has 14 heavy (non-hydrogen) atoms. The van der Waals surface area contributed by atoms with Crippen LogP contribution in [0.4, 0.5) is 5.69 Å². The van der Waals surface area contributed by atoms with Gasteiger partial charge < -0.3 is 5.32 Å². The summed E-state index contributed by atoms with van der Waals surface area (Å²) in [6.45, 7) is 0. The zero-order valence-corrected chi connectivity index (χ0v) is 9.85. The Labute approximate surface area is 95.6 Å². The SMILES string of the molecule is CN=C(NN)Nc1cc(Cl)cc(Br)c1.